The average molecular weight is 495 g/mol. The Morgan fingerprint density at radius 3 is 1.17 bits per heavy atom. The van der Waals surface area contributed by atoms with Gasteiger partial charge in [0.2, 0.25) is 0 Å². The zero-order chi connectivity index (χ0) is 18.4. The van der Waals surface area contributed by atoms with Gasteiger partial charge in [0, 0.05) is 0 Å². The quantitative estimate of drug-likeness (QED) is 0.465. The van der Waals surface area contributed by atoms with Gasteiger partial charge in [-0.25, -0.2) is 0 Å². The summed E-state index contributed by atoms with van der Waals surface area (Å²) in [5, 5.41) is 0. The maximum absolute atomic E-state index is 7.25. The first kappa shape index (κ1) is 28.3. The summed E-state index contributed by atoms with van der Waals surface area (Å²) in [6, 6.07) is 12.5. The predicted octanol–water partition coefficient (Wildman–Crippen LogP) is 5.65. The zero-order valence-corrected chi connectivity index (χ0v) is 18.9. The molecule has 1 aliphatic carbocycles. The minimum Gasteiger partial charge on any atom is -0.184 e. The summed E-state index contributed by atoms with van der Waals surface area (Å²) in [7, 11) is 0. The Balaban J connectivity index is -0.000000274. The predicted molar refractivity (Wildman–Crippen MR) is 99.6 cm³/mol. The van der Waals surface area contributed by atoms with Crippen molar-refractivity contribution in [2.45, 2.75) is 48.5 Å². The molecule has 0 spiro atoms. The largest absolute Gasteiger partial charge is 2.00 e. The monoisotopic (exact) mass is 495 g/mol. The Labute approximate surface area is 165 Å². The van der Waals surface area contributed by atoms with E-state index >= 15 is 0 Å². The number of hydrogen-bond donors (Lipinski definition) is 0. The van der Waals surface area contributed by atoms with Crippen molar-refractivity contribution in [3.8, 4) is 0 Å². The van der Waals surface area contributed by atoms with Crippen LogP contribution in [-0.2, 0) is 21.1 Å². The molecule has 0 amide bonds. The maximum Gasteiger partial charge on any atom is 2.00 e. The van der Waals surface area contributed by atoms with Crippen LogP contribution in [0.3, 0.4) is 0 Å². The van der Waals surface area contributed by atoms with Crippen LogP contribution < -0.4 is 5.59 Å². The molecular formula is C21H29NOW+. The molecule has 0 bridgehead atoms. The van der Waals surface area contributed by atoms with Gasteiger partial charge >= 0.3 is 21.1 Å². The molecule has 0 N–H and O–H groups in total. The molecule has 3 heteroatoms. The van der Waals surface area contributed by atoms with E-state index in [1.165, 1.54) is 35.5 Å². The average Bonchev–Trinajstić information content (AvgIpc) is 2.77. The van der Waals surface area contributed by atoms with Crippen LogP contribution in [0, 0.1) is 59.8 Å². The van der Waals surface area contributed by atoms with Crippen molar-refractivity contribution < 1.29 is 21.1 Å². The first-order chi connectivity index (χ1) is 10.8. The van der Waals surface area contributed by atoms with Gasteiger partial charge in [0.1, 0.15) is 5.59 Å². The Morgan fingerprint density at radius 1 is 0.833 bits per heavy atom. The Kier molecular flexibility index (Phi) is 20.5. The summed E-state index contributed by atoms with van der Waals surface area (Å²) in [4.78, 5) is 7.25. The molecule has 1 aromatic carbocycles. The van der Waals surface area contributed by atoms with Crippen molar-refractivity contribution in [3.63, 3.8) is 0 Å². The van der Waals surface area contributed by atoms with Crippen molar-refractivity contribution in [1.29, 1.82) is 0 Å². The minimum atomic E-state index is 0. The summed E-state index contributed by atoms with van der Waals surface area (Å²) < 4.78 is 0. The van der Waals surface area contributed by atoms with E-state index in [4.69, 9.17) is 10.5 Å². The van der Waals surface area contributed by atoms with Crippen LogP contribution in [0.5, 0.6) is 0 Å². The summed E-state index contributed by atoms with van der Waals surface area (Å²) in [6.45, 7) is 18.6. The second kappa shape index (κ2) is 17.3. The molecule has 2 nitrogen and oxygen atoms in total. The van der Waals surface area contributed by atoms with Crippen molar-refractivity contribution in [2.75, 3.05) is 0 Å². The van der Waals surface area contributed by atoms with Crippen molar-refractivity contribution >= 4 is 0 Å². The third-order valence-electron chi connectivity index (χ3n) is 3.83. The van der Waals surface area contributed by atoms with E-state index in [1.54, 1.807) is 0 Å². The smallest absolute Gasteiger partial charge is 0.184 e. The standard InChI is InChI=1S/C10H15.C6H5.C5H9.NO.W/c1-6-7(2)9(4)10(5)8(6)3;1-2-4-6-5-3-1;1-4-5(2)3;1-2;/h1-5H3;1-5H;4H,1H2,2-3H3;;/q;-1;;;+2. The molecule has 9 radical (unpaired) electrons. The van der Waals surface area contributed by atoms with Gasteiger partial charge in [0.05, 0.1) is 0 Å². The molecule has 129 valence electrons. The summed E-state index contributed by atoms with van der Waals surface area (Å²) in [5.41, 5.74) is 5.75. The van der Waals surface area contributed by atoms with Gasteiger partial charge in [-0.3, -0.25) is 0 Å². The number of hydrogen-bond acceptors (Lipinski definition) is 1. The molecule has 0 aromatic heterocycles. The van der Waals surface area contributed by atoms with Crippen molar-refractivity contribution in [2.24, 2.45) is 0 Å². The summed E-state index contributed by atoms with van der Waals surface area (Å²) in [5.74, 6) is 8.61. The van der Waals surface area contributed by atoms with Crippen molar-refractivity contribution in [3.05, 3.63) is 90.2 Å². The summed E-state index contributed by atoms with van der Waals surface area (Å²) in [6.07, 6.45) is 1.83. The molecule has 0 aliphatic heterocycles. The molecule has 1 saturated carbocycles. The Morgan fingerprint density at radius 2 is 1.08 bits per heavy atom. The SMILES string of the molecule is C[C]1[C](C)[C](C)[C](C)[C]1C.[CH2][CH][C](C)C.[N]=O.[W+2].[c-]1ccccc1. The first-order valence-corrected chi connectivity index (χ1v) is 7.54. The van der Waals surface area contributed by atoms with Gasteiger partial charge in [0.25, 0.3) is 0 Å². The minimum absolute atomic E-state index is 0. The van der Waals surface area contributed by atoms with Crippen LogP contribution in [0.25, 0.3) is 0 Å². The fourth-order valence-electron chi connectivity index (χ4n) is 1.75. The van der Waals surface area contributed by atoms with Gasteiger partial charge < -0.3 is 0 Å². The van der Waals surface area contributed by atoms with E-state index in [2.05, 4.69) is 47.6 Å². The van der Waals surface area contributed by atoms with Crippen LogP contribution in [0.1, 0.15) is 48.5 Å². The van der Waals surface area contributed by atoms with Crippen LogP contribution >= 0.6 is 0 Å². The third kappa shape index (κ3) is 12.0. The van der Waals surface area contributed by atoms with Crippen molar-refractivity contribution in [1.82, 2.24) is 5.59 Å². The third-order valence-corrected chi connectivity index (χ3v) is 3.83. The fourth-order valence-corrected chi connectivity index (χ4v) is 1.75. The number of rotatable bonds is 1. The number of benzene rings is 1. The number of nitrogens with zero attached hydrogens (tertiary/aromatic N) is 1. The van der Waals surface area contributed by atoms with Gasteiger partial charge in [-0.15, -0.1) is 4.91 Å². The molecule has 0 unspecified atom stereocenters. The van der Waals surface area contributed by atoms with Gasteiger partial charge in [0.15, 0.2) is 0 Å². The normalized spacial score (nSPS) is 16.0. The van der Waals surface area contributed by atoms with E-state index in [9.17, 15) is 0 Å². The molecule has 0 saturated heterocycles. The maximum atomic E-state index is 7.25. The van der Waals surface area contributed by atoms with E-state index in [-0.39, 0.29) is 21.1 Å². The Hall–Kier alpha value is -0.492. The van der Waals surface area contributed by atoms with Crippen LogP contribution in [0.2, 0.25) is 0 Å². The first-order valence-electron chi connectivity index (χ1n) is 7.54. The van der Waals surface area contributed by atoms with Gasteiger partial charge in [-0.1, -0.05) is 48.5 Å². The van der Waals surface area contributed by atoms with Gasteiger partial charge in [-0.05, 0) is 48.9 Å². The second-order valence-electron chi connectivity index (χ2n) is 5.48. The van der Waals surface area contributed by atoms with Crippen LogP contribution in [0.4, 0.5) is 0 Å². The molecule has 1 aliphatic rings. The zero-order valence-electron chi connectivity index (χ0n) is 15.9. The molecular weight excluding hydrogens is 466 g/mol. The van der Waals surface area contributed by atoms with Gasteiger partial charge in [-0.2, -0.15) is 36.4 Å². The van der Waals surface area contributed by atoms with E-state index in [0.717, 1.165) is 0 Å². The van der Waals surface area contributed by atoms with E-state index < -0.39 is 0 Å². The molecule has 24 heavy (non-hydrogen) atoms. The number of nitroso groups, excluding NO2 is 1. The molecule has 0 heterocycles. The summed E-state index contributed by atoms with van der Waals surface area (Å²) >= 11 is 0. The second-order valence-corrected chi connectivity index (χ2v) is 5.48. The Bertz CT molecular complexity index is 287. The molecule has 1 aromatic rings. The molecule has 2 rings (SSSR count). The van der Waals surface area contributed by atoms with Crippen LogP contribution in [0.15, 0.2) is 30.3 Å². The van der Waals surface area contributed by atoms with E-state index in [1.807, 2.05) is 50.6 Å². The fraction of sp³-hybridized carbons (Fsp3) is 0.333. The molecule has 0 atom stereocenters. The topological polar surface area (TPSA) is 39.4 Å². The van der Waals surface area contributed by atoms with Crippen LogP contribution in [-0.4, -0.2) is 0 Å². The molecule has 1 fully saturated rings. The van der Waals surface area contributed by atoms with E-state index in [0.29, 0.717) is 0 Å².